The molecule has 112 valence electrons. The van der Waals surface area contributed by atoms with E-state index in [4.69, 9.17) is 10.5 Å². The molecule has 0 heterocycles. The van der Waals surface area contributed by atoms with Crippen LogP contribution >= 0.6 is 0 Å². The molecule has 1 fully saturated rings. The second-order valence-corrected chi connectivity index (χ2v) is 6.49. The van der Waals surface area contributed by atoms with Crippen molar-refractivity contribution < 1.29 is 9.53 Å². The minimum atomic E-state index is -0.129. The van der Waals surface area contributed by atoms with Crippen LogP contribution in [-0.4, -0.2) is 44.2 Å². The molecule has 1 amide bonds. The summed E-state index contributed by atoms with van der Waals surface area (Å²) >= 11 is 0. The second-order valence-electron chi connectivity index (χ2n) is 6.49. The van der Waals surface area contributed by atoms with Crippen molar-refractivity contribution in [1.82, 2.24) is 4.90 Å². The lowest BCUT2D eigenvalue weighted by atomic mass is 9.77. The Kier molecular flexibility index (Phi) is 6.27. The fraction of sp³-hybridized carbons (Fsp3) is 0.933. The van der Waals surface area contributed by atoms with E-state index in [0.717, 1.165) is 19.3 Å². The molecule has 1 rings (SSSR count). The van der Waals surface area contributed by atoms with Gasteiger partial charge in [-0.05, 0) is 25.2 Å². The summed E-state index contributed by atoms with van der Waals surface area (Å²) in [6, 6.07) is -0.101. The zero-order valence-electron chi connectivity index (χ0n) is 12.9. The Bertz CT molecular complexity index is 286. The zero-order chi connectivity index (χ0) is 14.5. The van der Waals surface area contributed by atoms with Crippen LogP contribution in [0, 0.1) is 11.3 Å². The number of hydrogen-bond acceptors (Lipinski definition) is 3. The molecule has 4 heteroatoms. The lowest BCUT2D eigenvalue weighted by molar-refractivity contribution is -0.142. The maximum Gasteiger partial charge on any atom is 0.228 e. The van der Waals surface area contributed by atoms with Crippen molar-refractivity contribution in [3.8, 4) is 0 Å². The Morgan fingerprint density at radius 1 is 1.37 bits per heavy atom. The summed E-state index contributed by atoms with van der Waals surface area (Å²) in [4.78, 5) is 14.6. The van der Waals surface area contributed by atoms with Crippen molar-refractivity contribution >= 4 is 5.91 Å². The molecule has 2 N–H and O–H groups in total. The number of carbonyl (C=O) groups is 1. The van der Waals surface area contributed by atoms with E-state index >= 15 is 0 Å². The van der Waals surface area contributed by atoms with Crippen LogP contribution in [-0.2, 0) is 9.53 Å². The highest BCUT2D eigenvalue weighted by Crippen LogP contribution is 2.44. The fourth-order valence-electron chi connectivity index (χ4n) is 3.44. The van der Waals surface area contributed by atoms with Gasteiger partial charge in [-0.2, -0.15) is 0 Å². The molecule has 4 nitrogen and oxygen atoms in total. The Morgan fingerprint density at radius 2 is 1.95 bits per heavy atom. The number of hydrogen-bond donors (Lipinski definition) is 1. The number of amides is 1. The number of likely N-dealkylation sites (N-methyl/N-ethyl adjacent to an activating group) is 1. The summed E-state index contributed by atoms with van der Waals surface area (Å²) in [6.07, 6.45) is 5.42. The minimum absolute atomic E-state index is 0.101. The quantitative estimate of drug-likeness (QED) is 0.770. The summed E-state index contributed by atoms with van der Waals surface area (Å²) in [6.45, 7) is 5.47. The molecule has 0 radical (unpaired) electrons. The van der Waals surface area contributed by atoms with Crippen molar-refractivity contribution in [3.63, 3.8) is 0 Å². The maximum absolute atomic E-state index is 12.8. The molecular formula is C15H30N2O2. The van der Waals surface area contributed by atoms with Crippen molar-refractivity contribution in [3.05, 3.63) is 0 Å². The number of carbonyl (C=O) groups excluding carboxylic acids is 1. The lowest BCUT2D eigenvalue weighted by Crippen LogP contribution is -2.47. The molecular weight excluding hydrogens is 240 g/mol. The van der Waals surface area contributed by atoms with Gasteiger partial charge in [0.2, 0.25) is 5.91 Å². The summed E-state index contributed by atoms with van der Waals surface area (Å²) in [5.41, 5.74) is 5.82. The number of nitrogens with zero attached hydrogens (tertiary/aromatic N) is 1. The zero-order valence-corrected chi connectivity index (χ0v) is 12.9. The number of rotatable bonds is 7. The molecule has 1 unspecified atom stereocenters. The standard InChI is InChI=1S/C15H30N2O2/c1-12(2)9-15(7-5-6-8-15)14(18)17(3)10-13(16)11-19-4/h12-13H,5-11,16H2,1-4H3. The van der Waals surface area contributed by atoms with Gasteiger partial charge in [-0.15, -0.1) is 0 Å². The predicted molar refractivity (Wildman–Crippen MR) is 77.8 cm³/mol. The Balaban J connectivity index is 2.66. The third-order valence-corrected chi connectivity index (χ3v) is 4.05. The Hall–Kier alpha value is -0.610. The van der Waals surface area contributed by atoms with Crippen LogP contribution in [0.4, 0.5) is 0 Å². The second kappa shape index (κ2) is 7.25. The molecule has 0 aromatic rings. The number of methoxy groups -OCH3 is 1. The molecule has 1 atom stereocenters. The van der Waals surface area contributed by atoms with Crippen LogP contribution < -0.4 is 5.73 Å². The van der Waals surface area contributed by atoms with E-state index < -0.39 is 0 Å². The highest BCUT2D eigenvalue weighted by atomic mass is 16.5. The molecule has 0 bridgehead atoms. The average Bonchev–Trinajstić information content (AvgIpc) is 2.76. The number of nitrogens with two attached hydrogens (primary N) is 1. The minimum Gasteiger partial charge on any atom is -0.383 e. The predicted octanol–water partition coefficient (Wildman–Crippen LogP) is 2.02. The molecule has 0 aromatic carbocycles. The SMILES string of the molecule is COCC(N)CN(C)C(=O)C1(CC(C)C)CCCC1. The maximum atomic E-state index is 12.8. The van der Waals surface area contributed by atoms with Crippen molar-refractivity contribution in [2.24, 2.45) is 17.1 Å². The number of ether oxygens (including phenoxy) is 1. The summed E-state index contributed by atoms with van der Waals surface area (Å²) in [5, 5.41) is 0. The van der Waals surface area contributed by atoms with Crippen LogP contribution in [0.25, 0.3) is 0 Å². The molecule has 0 spiro atoms. The van der Waals surface area contributed by atoms with E-state index in [0.29, 0.717) is 19.1 Å². The van der Waals surface area contributed by atoms with Gasteiger partial charge < -0.3 is 15.4 Å². The van der Waals surface area contributed by atoms with E-state index in [1.165, 1.54) is 12.8 Å². The Morgan fingerprint density at radius 3 is 2.42 bits per heavy atom. The van der Waals surface area contributed by atoms with Crippen LogP contribution in [0.3, 0.4) is 0 Å². The fourth-order valence-corrected chi connectivity index (χ4v) is 3.44. The first kappa shape index (κ1) is 16.4. The average molecular weight is 270 g/mol. The topological polar surface area (TPSA) is 55.6 Å². The molecule has 0 aliphatic heterocycles. The van der Waals surface area contributed by atoms with Crippen molar-refractivity contribution in [2.45, 2.75) is 52.0 Å². The molecule has 1 aliphatic rings. The van der Waals surface area contributed by atoms with Gasteiger partial charge in [-0.25, -0.2) is 0 Å². The van der Waals surface area contributed by atoms with Crippen LogP contribution in [0.15, 0.2) is 0 Å². The third kappa shape index (κ3) is 4.46. The highest BCUT2D eigenvalue weighted by Gasteiger charge is 2.42. The largest absolute Gasteiger partial charge is 0.383 e. The van der Waals surface area contributed by atoms with Gasteiger partial charge in [0.1, 0.15) is 0 Å². The summed E-state index contributed by atoms with van der Waals surface area (Å²) in [7, 11) is 3.51. The van der Waals surface area contributed by atoms with E-state index in [1.54, 1.807) is 7.11 Å². The van der Waals surface area contributed by atoms with Gasteiger partial charge in [0, 0.05) is 32.2 Å². The van der Waals surface area contributed by atoms with Gasteiger partial charge in [0.05, 0.1) is 6.61 Å². The van der Waals surface area contributed by atoms with E-state index in [-0.39, 0.29) is 17.4 Å². The van der Waals surface area contributed by atoms with Crippen molar-refractivity contribution in [1.29, 1.82) is 0 Å². The molecule has 1 saturated carbocycles. The molecule has 1 aliphatic carbocycles. The van der Waals surface area contributed by atoms with Crippen LogP contribution in [0.5, 0.6) is 0 Å². The monoisotopic (exact) mass is 270 g/mol. The van der Waals surface area contributed by atoms with E-state index in [9.17, 15) is 4.79 Å². The third-order valence-electron chi connectivity index (χ3n) is 4.05. The van der Waals surface area contributed by atoms with Gasteiger partial charge >= 0.3 is 0 Å². The van der Waals surface area contributed by atoms with Gasteiger partial charge in [-0.3, -0.25) is 4.79 Å². The first-order valence-electron chi connectivity index (χ1n) is 7.41. The van der Waals surface area contributed by atoms with Gasteiger partial charge in [0.15, 0.2) is 0 Å². The first-order valence-corrected chi connectivity index (χ1v) is 7.41. The molecule has 0 saturated heterocycles. The first-order chi connectivity index (χ1) is 8.91. The van der Waals surface area contributed by atoms with E-state index in [1.807, 2.05) is 11.9 Å². The highest BCUT2D eigenvalue weighted by molar-refractivity contribution is 5.82. The van der Waals surface area contributed by atoms with Crippen molar-refractivity contribution in [2.75, 3.05) is 27.3 Å². The molecule has 19 heavy (non-hydrogen) atoms. The van der Waals surface area contributed by atoms with Crippen LogP contribution in [0.2, 0.25) is 0 Å². The van der Waals surface area contributed by atoms with Gasteiger partial charge in [0.25, 0.3) is 0 Å². The summed E-state index contributed by atoms with van der Waals surface area (Å²) < 4.78 is 5.04. The smallest absolute Gasteiger partial charge is 0.228 e. The van der Waals surface area contributed by atoms with E-state index in [2.05, 4.69) is 13.8 Å². The van der Waals surface area contributed by atoms with Crippen LogP contribution in [0.1, 0.15) is 46.0 Å². The lowest BCUT2D eigenvalue weighted by Gasteiger charge is -2.34. The van der Waals surface area contributed by atoms with Gasteiger partial charge in [-0.1, -0.05) is 26.7 Å². The Labute approximate surface area is 117 Å². The summed E-state index contributed by atoms with van der Waals surface area (Å²) in [5.74, 6) is 0.841. The molecule has 0 aromatic heterocycles. The normalized spacial score (nSPS) is 19.7.